The van der Waals surface area contributed by atoms with Crippen molar-refractivity contribution in [1.82, 2.24) is 34.4 Å². The van der Waals surface area contributed by atoms with Gasteiger partial charge in [-0.3, -0.25) is 4.79 Å². The van der Waals surface area contributed by atoms with Gasteiger partial charge in [-0.15, -0.1) is 0 Å². The Morgan fingerprint density at radius 3 is 2.17 bits per heavy atom. The smallest absolute Gasteiger partial charge is 0.451 e. The largest absolute Gasteiger partial charge is 0.490 e. The van der Waals surface area contributed by atoms with Gasteiger partial charge < -0.3 is 34.9 Å². The number of hydrogen-bond donors (Lipinski definition) is 4. The molecular formula is C42H44F3N9O4. The minimum absolute atomic E-state index is 0.0301. The molecule has 0 aliphatic heterocycles. The molecule has 16 heteroatoms. The van der Waals surface area contributed by atoms with Crippen LogP contribution in [0.3, 0.4) is 0 Å². The van der Waals surface area contributed by atoms with Crippen LogP contribution >= 0.6 is 0 Å². The summed E-state index contributed by atoms with van der Waals surface area (Å²) in [5.41, 5.74) is 4.19. The number of benzene rings is 3. The third-order valence-electron chi connectivity index (χ3n) is 10.2. The summed E-state index contributed by atoms with van der Waals surface area (Å²) in [4.78, 5) is 44.0. The highest BCUT2D eigenvalue weighted by atomic mass is 19.4. The molecule has 0 radical (unpaired) electrons. The highest BCUT2D eigenvalue weighted by Crippen LogP contribution is 2.38. The van der Waals surface area contributed by atoms with E-state index >= 15 is 0 Å². The standard InChI is InChI=1S/C42H44F3N9O4/c1-26(2)53-23-30(48-24-53)18-19-46-41-51-38(47-22-31(28-14-8-4-9-15-28)29-16-10-5-11-17-29)35-39(52-41)54(25-49-35)33-21-32(36(56)37(33)58-40(57)42(43,44)45)50-34(55)20-27-12-6-3-7-13-27/h3-17,23-26,31-33,36-37,56H,18-22H2,1-2H3,(H,50,55)(H2,46,47,51,52)/t32-,33+,36+,37-/m0/s1. The Bertz CT molecular complexity index is 2260. The van der Waals surface area contributed by atoms with E-state index in [0.717, 1.165) is 16.8 Å². The van der Waals surface area contributed by atoms with Crippen molar-refractivity contribution in [1.29, 1.82) is 0 Å². The summed E-state index contributed by atoms with van der Waals surface area (Å²) in [7, 11) is 0. The maximum Gasteiger partial charge on any atom is 0.490 e. The maximum absolute atomic E-state index is 13.6. The lowest BCUT2D eigenvalue weighted by Crippen LogP contribution is -2.45. The van der Waals surface area contributed by atoms with Gasteiger partial charge in [0.2, 0.25) is 11.9 Å². The van der Waals surface area contributed by atoms with Crippen LogP contribution in [0.25, 0.3) is 11.2 Å². The summed E-state index contributed by atoms with van der Waals surface area (Å²) < 4.78 is 49.2. The predicted molar refractivity (Wildman–Crippen MR) is 211 cm³/mol. The highest BCUT2D eigenvalue weighted by Gasteiger charge is 2.51. The molecule has 6 aromatic rings. The molecule has 1 amide bonds. The van der Waals surface area contributed by atoms with Gasteiger partial charge in [-0.05, 0) is 37.0 Å². The Kier molecular flexibility index (Phi) is 12.0. The number of aromatic nitrogens is 6. The number of aliphatic hydroxyl groups excluding tert-OH is 1. The number of hydrogen-bond acceptors (Lipinski definition) is 10. The number of imidazole rings is 2. The number of nitrogens with one attached hydrogen (secondary N) is 3. The average Bonchev–Trinajstić information content (AvgIpc) is 3.94. The van der Waals surface area contributed by atoms with Crippen LogP contribution in [0.5, 0.6) is 0 Å². The SMILES string of the molecule is CC(C)n1cnc(CCNc2nc(NCC(c3ccccc3)c3ccccc3)c3ncn([C@@H]4C[C@H](NC(=O)Cc5ccccc5)[C@@H](O)[C@H]4OC(=O)C(F)(F)F)c3n2)c1. The zero-order valence-electron chi connectivity index (χ0n) is 31.9. The van der Waals surface area contributed by atoms with E-state index in [4.69, 9.17) is 14.7 Å². The molecule has 1 fully saturated rings. The van der Waals surface area contributed by atoms with Crippen molar-refractivity contribution in [2.24, 2.45) is 0 Å². The number of rotatable bonds is 15. The fraction of sp³-hybridized carbons (Fsp3) is 0.333. The van der Waals surface area contributed by atoms with Crippen LogP contribution in [0.15, 0.2) is 110 Å². The number of amides is 1. The van der Waals surface area contributed by atoms with E-state index in [1.54, 1.807) is 36.7 Å². The fourth-order valence-electron chi connectivity index (χ4n) is 7.24. The second-order valence-corrected chi connectivity index (χ2v) is 14.6. The van der Waals surface area contributed by atoms with Crippen LogP contribution in [0.1, 0.15) is 60.7 Å². The number of fused-ring (bicyclic) bond motifs is 1. The highest BCUT2D eigenvalue weighted by molar-refractivity contribution is 5.85. The molecule has 0 unspecified atom stereocenters. The summed E-state index contributed by atoms with van der Waals surface area (Å²) in [6, 6.07) is 26.9. The minimum atomic E-state index is -5.33. The quantitative estimate of drug-likeness (QED) is 0.0907. The molecule has 58 heavy (non-hydrogen) atoms. The van der Waals surface area contributed by atoms with Gasteiger partial charge in [0.15, 0.2) is 23.1 Å². The summed E-state index contributed by atoms with van der Waals surface area (Å²) >= 11 is 0. The van der Waals surface area contributed by atoms with E-state index in [-0.39, 0.29) is 36.4 Å². The van der Waals surface area contributed by atoms with Crippen LogP contribution in [-0.4, -0.2) is 83.6 Å². The molecule has 13 nitrogen and oxygen atoms in total. The van der Waals surface area contributed by atoms with E-state index in [1.165, 1.54) is 10.9 Å². The van der Waals surface area contributed by atoms with Crippen molar-refractivity contribution >= 4 is 34.8 Å². The van der Waals surface area contributed by atoms with Gasteiger partial charge in [-0.2, -0.15) is 23.1 Å². The maximum atomic E-state index is 13.6. The molecular weight excluding hydrogens is 752 g/mol. The second kappa shape index (κ2) is 17.5. The third kappa shape index (κ3) is 9.28. The molecule has 4 N–H and O–H groups in total. The van der Waals surface area contributed by atoms with Gasteiger partial charge in [0.05, 0.1) is 36.9 Å². The molecule has 1 aliphatic rings. The van der Waals surface area contributed by atoms with Crippen molar-refractivity contribution in [3.8, 4) is 0 Å². The first-order valence-electron chi connectivity index (χ1n) is 19.1. The van der Waals surface area contributed by atoms with Gasteiger partial charge in [0.25, 0.3) is 0 Å². The third-order valence-corrected chi connectivity index (χ3v) is 10.2. The summed E-state index contributed by atoms with van der Waals surface area (Å²) in [5.74, 6) is -2.47. The lowest BCUT2D eigenvalue weighted by Gasteiger charge is -2.24. The van der Waals surface area contributed by atoms with Crippen molar-refractivity contribution in [2.45, 2.75) is 75.5 Å². The van der Waals surface area contributed by atoms with Crippen LogP contribution in [0, 0.1) is 0 Å². The van der Waals surface area contributed by atoms with E-state index < -0.39 is 42.3 Å². The van der Waals surface area contributed by atoms with Gasteiger partial charge >= 0.3 is 12.1 Å². The first-order chi connectivity index (χ1) is 27.9. The molecule has 3 heterocycles. The molecule has 7 rings (SSSR count). The zero-order chi connectivity index (χ0) is 40.8. The van der Waals surface area contributed by atoms with Crippen molar-refractivity contribution in [3.05, 3.63) is 132 Å². The monoisotopic (exact) mass is 795 g/mol. The Morgan fingerprint density at radius 2 is 1.55 bits per heavy atom. The molecule has 3 aromatic heterocycles. The van der Waals surface area contributed by atoms with Gasteiger partial charge in [0, 0.05) is 37.7 Å². The average molecular weight is 796 g/mol. The first-order valence-corrected chi connectivity index (χ1v) is 19.1. The fourth-order valence-corrected chi connectivity index (χ4v) is 7.24. The molecule has 1 saturated carbocycles. The number of ether oxygens (including phenoxy) is 1. The number of carbonyl (C=O) groups is 2. The number of carbonyl (C=O) groups excluding carboxylic acids is 2. The number of aliphatic hydroxyl groups is 1. The van der Waals surface area contributed by atoms with Gasteiger partial charge in [-0.1, -0.05) is 91.0 Å². The van der Waals surface area contributed by atoms with Crippen molar-refractivity contribution < 1.29 is 32.6 Å². The number of anilines is 2. The van der Waals surface area contributed by atoms with E-state index in [9.17, 15) is 27.9 Å². The topological polar surface area (TPSA) is 161 Å². The normalized spacial score (nSPS) is 18.1. The lowest BCUT2D eigenvalue weighted by atomic mass is 9.91. The molecule has 3 aromatic carbocycles. The number of halogens is 3. The molecule has 1 aliphatic carbocycles. The van der Waals surface area contributed by atoms with Crippen molar-refractivity contribution in [3.63, 3.8) is 0 Å². The van der Waals surface area contributed by atoms with Crippen LogP contribution in [0.2, 0.25) is 0 Å². The number of alkyl halides is 3. The van der Waals surface area contributed by atoms with Gasteiger partial charge in [0.1, 0.15) is 6.10 Å². The van der Waals surface area contributed by atoms with E-state index in [2.05, 4.69) is 39.8 Å². The van der Waals surface area contributed by atoms with Crippen LogP contribution < -0.4 is 16.0 Å². The predicted octanol–water partition coefficient (Wildman–Crippen LogP) is 6.01. The Hall–Kier alpha value is -6.29. The van der Waals surface area contributed by atoms with Crippen LogP contribution in [0.4, 0.5) is 24.9 Å². The van der Waals surface area contributed by atoms with Crippen molar-refractivity contribution in [2.75, 3.05) is 23.7 Å². The molecule has 0 bridgehead atoms. The molecule has 0 saturated heterocycles. The minimum Gasteiger partial charge on any atom is -0.451 e. The second-order valence-electron chi connectivity index (χ2n) is 14.6. The molecule has 0 spiro atoms. The number of esters is 1. The van der Waals surface area contributed by atoms with E-state index in [0.29, 0.717) is 36.4 Å². The zero-order valence-corrected chi connectivity index (χ0v) is 31.9. The number of nitrogens with zero attached hydrogens (tertiary/aromatic N) is 6. The summed E-state index contributed by atoms with van der Waals surface area (Å²) in [6.07, 6.45) is -3.20. The Balaban J connectivity index is 1.22. The Labute approximate surface area is 332 Å². The molecule has 4 atom stereocenters. The van der Waals surface area contributed by atoms with Crippen LogP contribution in [-0.2, 0) is 27.2 Å². The van der Waals surface area contributed by atoms with Gasteiger partial charge in [-0.25, -0.2) is 14.8 Å². The lowest BCUT2D eigenvalue weighted by molar-refractivity contribution is -0.209. The summed E-state index contributed by atoms with van der Waals surface area (Å²) in [5, 5.41) is 20.9. The first kappa shape index (κ1) is 39.9. The Morgan fingerprint density at radius 1 is 0.897 bits per heavy atom. The molecule has 302 valence electrons. The van der Waals surface area contributed by atoms with E-state index in [1.807, 2.05) is 71.4 Å². The summed E-state index contributed by atoms with van der Waals surface area (Å²) in [6.45, 7) is 4.91.